The second kappa shape index (κ2) is 5.36. The summed E-state index contributed by atoms with van der Waals surface area (Å²) in [6.45, 7) is 6.15. The Labute approximate surface area is 128 Å². The molecular weight excluding hydrogens is 345 g/mol. The van der Waals surface area contributed by atoms with Crippen LogP contribution in [0.2, 0.25) is 5.02 Å². The van der Waals surface area contributed by atoms with E-state index in [0.29, 0.717) is 5.56 Å². The van der Waals surface area contributed by atoms with Crippen molar-refractivity contribution in [3.8, 4) is 0 Å². The van der Waals surface area contributed by atoms with Crippen LogP contribution in [0.25, 0.3) is 0 Å². The van der Waals surface area contributed by atoms with Gasteiger partial charge in [-0.2, -0.15) is 0 Å². The van der Waals surface area contributed by atoms with E-state index < -0.39 is 23.8 Å². The maximum Gasteiger partial charge on any atom is 0.261 e. The number of nitrogens with one attached hydrogen (secondary N) is 1. The lowest BCUT2D eigenvalue weighted by molar-refractivity contribution is 0.566. The van der Waals surface area contributed by atoms with Crippen molar-refractivity contribution >= 4 is 47.0 Å². The molecule has 0 fully saturated rings. The van der Waals surface area contributed by atoms with Crippen molar-refractivity contribution in [2.24, 2.45) is 0 Å². The lowest BCUT2D eigenvalue weighted by Crippen LogP contribution is -2.34. The summed E-state index contributed by atoms with van der Waals surface area (Å²) in [6, 6.07) is 2.37. The van der Waals surface area contributed by atoms with Crippen LogP contribution >= 0.6 is 22.3 Å². The summed E-state index contributed by atoms with van der Waals surface area (Å²) >= 11 is 5.95. The zero-order valence-electron chi connectivity index (χ0n) is 11.4. The molecule has 1 rings (SSSR count). The predicted octanol–water partition coefficient (Wildman–Crippen LogP) is 3.12. The number of benzene rings is 1. The van der Waals surface area contributed by atoms with Crippen molar-refractivity contribution in [3.63, 3.8) is 0 Å². The Kier molecular flexibility index (Phi) is 4.71. The van der Waals surface area contributed by atoms with Crippen molar-refractivity contribution in [2.45, 2.75) is 37.3 Å². The van der Waals surface area contributed by atoms with E-state index >= 15 is 0 Å². The number of rotatable bonds is 3. The van der Waals surface area contributed by atoms with Gasteiger partial charge in [0.2, 0.25) is 10.0 Å². The molecule has 0 bridgehead atoms. The van der Waals surface area contributed by atoms with Gasteiger partial charge in [0, 0.05) is 10.7 Å². The number of hydrogen-bond donors (Lipinski definition) is 1. The Morgan fingerprint density at radius 1 is 1.10 bits per heavy atom. The summed E-state index contributed by atoms with van der Waals surface area (Å²) in [6.07, 6.45) is 0. The fourth-order valence-corrected chi connectivity index (χ4v) is 3.39. The van der Waals surface area contributed by atoms with Gasteiger partial charge in [-0.1, -0.05) is 11.6 Å². The monoisotopic (exact) mass is 359 g/mol. The molecule has 1 aromatic carbocycles. The zero-order chi connectivity index (χ0) is 15.9. The van der Waals surface area contributed by atoms with Gasteiger partial charge in [0.15, 0.2) is 0 Å². The predicted molar refractivity (Wildman–Crippen MR) is 81.5 cm³/mol. The molecule has 0 unspecified atom stereocenters. The maximum absolute atomic E-state index is 12.1. The van der Waals surface area contributed by atoms with Crippen molar-refractivity contribution in [1.82, 2.24) is 0 Å². The van der Waals surface area contributed by atoms with Crippen molar-refractivity contribution in [2.75, 3.05) is 4.72 Å². The van der Waals surface area contributed by atoms with E-state index in [0.717, 1.165) is 6.07 Å². The summed E-state index contributed by atoms with van der Waals surface area (Å²) in [5.74, 6) is 0. The van der Waals surface area contributed by atoms with Crippen molar-refractivity contribution in [1.29, 1.82) is 0 Å². The first-order valence-electron chi connectivity index (χ1n) is 5.53. The average Bonchev–Trinajstić information content (AvgIpc) is 2.20. The molecule has 0 radical (unpaired) electrons. The van der Waals surface area contributed by atoms with Crippen LogP contribution in [0.1, 0.15) is 26.3 Å². The molecule has 1 N–H and O–H groups in total. The molecule has 0 aromatic heterocycles. The Morgan fingerprint density at radius 2 is 1.60 bits per heavy atom. The first-order chi connectivity index (χ1) is 8.75. The Balaban J connectivity index is 3.38. The van der Waals surface area contributed by atoms with E-state index in [1.54, 1.807) is 0 Å². The molecule has 0 atom stereocenters. The largest absolute Gasteiger partial charge is 0.281 e. The molecule has 20 heavy (non-hydrogen) atoms. The van der Waals surface area contributed by atoms with Crippen LogP contribution in [0.4, 0.5) is 5.69 Å². The minimum Gasteiger partial charge on any atom is -0.281 e. The van der Waals surface area contributed by atoms with Crippen LogP contribution in [0.5, 0.6) is 0 Å². The smallest absolute Gasteiger partial charge is 0.261 e. The van der Waals surface area contributed by atoms with Gasteiger partial charge in [0.05, 0.1) is 20.4 Å². The van der Waals surface area contributed by atoms with Gasteiger partial charge in [0.1, 0.15) is 0 Å². The third kappa shape index (κ3) is 3.78. The molecule has 0 aliphatic heterocycles. The van der Waals surface area contributed by atoms with Gasteiger partial charge in [-0.15, -0.1) is 0 Å². The average molecular weight is 360 g/mol. The Hall–Kier alpha value is -0.500. The summed E-state index contributed by atoms with van der Waals surface area (Å²) in [4.78, 5) is -0.180. The standard InChI is InChI=1S/C11H15Cl2NO4S2/c1-7-5-8(19(13,15)16)6-9(12)10(7)14-20(17,18)11(2,3)4/h5-6,14H,1-4H3. The molecule has 0 aliphatic carbocycles. The fourth-order valence-electron chi connectivity index (χ4n) is 1.27. The van der Waals surface area contributed by atoms with E-state index in [1.807, 2.05) is 0 Å². The third-order valence-electron chi connectivity index (χ3n) is 2.59. The van der Waals surface area contributed by atoms with Crippen LogP contribution in [-0.4, -0.2) is 21.6 Å². The van der Waals surface area contributed by atoms with Crippen LogP contribution in [0, 0.1) is 6.92 Å². The molecule has 0 heterocycles. The number of aryl methyl sites for hydroxylation is 1. The minimum absolute atomic E-state index is 0.0305. The number of anilines is 1. The van der Waals surface area contributed by atoms with E-state index in [4.69, 9.17) is 22.3 Å². The summed E-state index contributed by atoms with van der Waals surface area (Å²) < 4.78 is 48.1. The first kappa shape index (κ1) is 17.6. The second-order valence-corrected chi connectivity index (χ2v) is 10.7. The third-order valence-corrected chi connectivity index (χ3v) is 6.30. The molecule has 5 nitrogen and oxygen atoms in total. The summed E-state index contributed by atoms with van der Waals surface area (Å²) in [7, 11) is -2.35. The van der Waals surface area contributed by atoms with Crippen LogP contribution in [0.15, 0.2) is 17.0 Å². The fraction of sp³-hybridized carbons (Fsp3) is 0.455. The highest BCUT2D eigenvalue weighted by Crippen LogP contribution is 2.32. The highest BCUT2D eigenvalue weighted by Gasteiger charge is 2.30. The molecule has 114 valence electrons. The SMILES string of the molecule is Cc1cc(S(=O)(=O)Cl)cc(Cl)c1NS(=O)(=O)C(C)(C)C. The lowest BCUT2D eigenvalue weighted by Gasteiger charge is -2.22. The molecule has 1 aromatic rings. The van der Waals surface area contributed by atoms with Crippen molar-refractivity contribution in [3.05, 3.63) is 22.7 Å². The number of hydrogen-bond acceptors (Lipinski definition) is 4. The molecular formula is C11H15Cl2NO4S2. The van der Waals surface area contributed by atoms with E-state index in [-0.39, 0.29) is 15.6 Å². The highest BCUT2D eigenvalue weighted by atomic mass is 35.7. The van der Waals surface area contributed by atoms with E-state index in [2.05, 4.69) is 4.72 Å². The summed E-state index contributed by atoms with van der Waals surface area (Å²) in [5.41, 5.74) is 0.509. The molecule has 0 saturated carbocycles. The van der Waals surface area contributed by atoms with Crippen LogP contribution in [0.3, 0.4) is 0 Å². The molecule has 0 amide bonds. The highest BCUT2D eigenvalue weighted by molar-refractivity contribution is 8.13. The van der Waals surface area contributed by atoms with Crippen molar-refractivity contribution < 1.29 is 16.8 Å². The molecule has 0 aliphatic rings. The van der Waals surface area contributed by atoms with Gasteiger partial charge < -0.3 is 0 Å². The Morgan fingerprint density at radius 3 is 1.95 bits per heavy atom. The second-order valence-electron chi connectivity index (χ2n) is 5.25. The molecule has 0 saturated heterocycles. The van der Waals surface area contributed by atoms with E-state index in [9.17, 15) is 16.8 Å². The summed E-state index contributed by atoms with van der Waals surface area (Å²) in [5, 5.41) is -0.0305. The van der Waals surface area contributed by atoms with Gasteiger partial charge in [0.25, 0.3) is 9.05 Å². The van der Waals surface area contributed by atoms with Gasteiger partial charge in [-0.25, -0.2) is 16.8 Å². The number of sulfonamides is 1. The van der Waals surface area contributed by atoms with Gasteiger partial charge in [-0.05, 0) is 45.4 Å². The molecule has 0 spiro atoms. The minimum atomic E-state index is -3.93. The quantitative estimate of drug-likeness (QED) is 0.840. The van der Waals surface area contributed by atoms with Gasteiger partial charge in [-0.3, -0.25) is 4.72 Å². The van der Waals surface area contributed by atoms with Gasteiger partial charge >= 0.3 is 0 Å². The first-order valence-corrected chi connectivity index (χ1v) is 9.70. The zero-order valence-corrected chi connectivity index (χ0v) is 14.5. The number of halogens is 2. The topological polar surface area (TPSA) is 80.3 Å². The van der Waals surface area contributed by atoms with Crippen LogP contribution < -0.4 is 4.72 Å². The Bertz CT molecular complexity index is 711. The van der Waals surface area contributed by atoms with E-state index in [1.165, 1.54) is 33.8 Å². The normalized spacial score (nSPS) is 13.3. The maximum atomic E-state index is 12.1. The molecule has 9 heteroatoms. The lowest BCUT2D eigenvalue weighted by atomic mass is 10.2. The van der Waals surface area contributed by atoms with Crippen LogP contribution in [-0.2, 0) is 19.1 Å².